The molecule has 0 spiro atoms. The minimum Gasteiger partial charge on any atom is -0.369 e. The summed E-state index contributed by atoms with van der Waals surface area (Å²) in [6.07, 6.45) is 3.07. The lowest BCUT2D eigenvalue weighted by molar-refractivity contribution is 0.643. The first-order valence-electron chi connectivity index (χ1n) is 3.76. The first kappa shape index (κ1) is 10.8. The lowest BCUT2D eigenvalue weighted by atomic mass is 10.3. The maximum Gasteiger partial charge on any atom is 0.192 e. The molecule has 0 aromatic carbocycles. The van der Waals surface area contributed by atoms with E-state index < -0.39 is 0 Å². The third kappa shape index (κ3) is 2.92. The van der Waals surface area contributed by atoms with Crippen LogP contribution < -0.4 is 0 Å². The van der Waals surface area contributed by atoms with Crippen LogP contribution in [0, 0.1) is 15.2 Å². The van der Waals surface area contributed by atoms with Crippen LogP contribution in [0.15, 0.2) is 11.2 Å². The van der Waals surface area contributed by atoms with E-state index in [0.29, 0.717) is 15.2 Å². The minimum atomic E-state index is 0.378. The second-order valence-corrected chi connectivity index (χ2v) is 3.66. The van der Waals surface area contributed by atoms with Gasteiger partial charge in [-0.3, -0.25) is 0 Å². The zero-order chi connectivity index (χ0) is 10.6. The Labute approximate surface area is 95.6 Å². The quantitative estimate of drug-likeness (QED) is 0.356. The average Bonchev–Trinajstić information content (AvgIpc) is 2.15. The molecule has 0 radical (unpaired) electrons. The lowest BCUT2D eigenvalue weighted by Gasteiger charge is -2.02. The van der Waals surface area contributed by atoms with Crippen LogP contribution in [-0.2, 0) is 0 Å². The van der Waals surface area contributed by atoms with E-state index in [1.807, 2.05) is 42.8 Å². The summed E-state index contributed by atoms with van der Waals surface area (Å²) in [7, 11) is 3.70. The van der Waals surface area contributed by atoms with Crippen molar-refractivity contribution in [2.45, 2.75) is 0 Å². The lowest BCUT2D eigenvalue weighted by Crippen LogP contribution is -2.07. The molecule has 1 rings (SSSR count). The van der Waals surface area contributed by atoms with Gasteiger partial charge in [-0.15, -0.1) is 0 Å². The van der Waals surface area contributed by atoms with Crippen molar-refractivity contribution in [2.75, 3.05) is 14.1 Å². The molecule has 0 N–H and O–H groups in total. The third-order valence-electron chi connectivity index (χ3n) is 1.27. The fourth-order valence-electron chi connectivity index (χ4n) is 0.699. The molecule has 5 nitrogen and oxygen atoms in total. The summed E-state index contributed by atoms with van der Waals surface area (Å²) in [5.41, 5.74) is 0.378. The van der Waals surface area contributed by atoms with E-state index in [1.165, 1.54) is 6.20 Å². The van der Waals surface area contributed by atoms with Crippen LogP contribution in [-0.4, -0.2) is 35.3 Å². The molecule has 0 unspecified atom stereocenters. The Morgan fingerprint density at radius 2 is 2.36 bits per heavy atom. The summed E-state index contributed by atoms with van der Waals surface area (Å²) in [6.45, 7) is 0. The Balaban J connectivity index is 3.06. The average molecular weight is 301 g/mol. The number of halogens is 1. The third-order valence-corrected chi connectivity index (χ3v) is 1.79. The van der Waals surface area contributed by atoms with Gasteiger partial charge in [0.2, 0.25) is 0 Å². The maximum absolute atomic E-state index is 8.75. The second kappa shape index (κ2) is 4.85. The van der Waals surface area contributed by atoms with Crippen molar-refractivity contribution in [3.8, 4) is 6.07 Å². The van der Waals surface area contributed by atoms with Gasteiger partial charge in [-0.25, -0.2) is 15.0 Å². The Bertz CT molecular complexity index is 393. The fourth-order valence-corrected chi connectivity index (χ4v) is 1.07. The fraction of sp³-hybridized carbons (Fsp3) is 0.250. The second-order valence-electron chi connectivity index (χ2n) is 2.70. The van der Waals surface area contributed by atoms with Crippen LogP contribution in [0.5, 0.6) is 0 Å². The molecule has 0 aliphatic carbocycles. The molecule has 1 aromatic rings. The minimum absolute atomic E-state index is 0.378. The van der Waals surface area contributed by atoms with Gasteiger partial charge in [-0.05, 0) is 0 Å². The number of hydrogen-bond acceptors (Lipinski definition) is 4. The zero-order valence-electron chi connectivity index (χ0n) is 7.77. The van der Waals surface area contributed by atoms with Crippen molar-refractivity contribution in [3.05, 3.63) is 15.6 Å². The molecule has 6 heteroatoms. The summed E-state index contributed by atoms with van der Waals surface area (Å²) in [6, 6.07) is 1.99. The number of nitrogens with zero attached hydrogens (tertiary/aromatic N) is 5. The molecule has 0 bridgehead atoms. The van der Waals surface area contributed by atoms with Crippen molar-refractivity contribution < 1.29 is 0 Å². The molecule has 0 fully saturated rings. The summed E-state index contributed by atoms with van der Waals surface area (Å²) in [5, 5.41) is 8.75. The Morgan fingerprint density at radius 3 is 2.93 bits per heavy atom. The molecule has 0 aliphatic rings. The van der Waals surface area contributed by atoms with Gasteiger partial charge in [0.25, 0.3) is 0 Å². The predicted molar refractivity (Wildman–Crippen MR) is 61.3 cm³/mol. The van der Waals surface area contributed by atoms with Crippen LogP contribution in [0.25, 0.3) is 0 Å². The summed E-state index contributed by atoms with van der Waals surface area (Å²) < 4.78 is 0.576. The van der Waals surface area contributed by atoms with E-state index in [0.717, 1.165) is 0 Å². The van der Waals surface area contributed by atoms with Crippen LogP contribution in [0.2, 0.25) is 0 Å². The number of aliphatic imine (C=N–C) groups is 1. The predicted octanol–water partition coefficient (Wildman–Crippen LogP) is 1.17. The van der Waals surface area contributed by atoms with Gasteiger partial charge in [-0.1, -0.05) is 0 Å². The van der Waals surface area contributed by atoms with Gasteiger partial charge >= 0.3 is 0 Å². The Morgan fingerprint density at radius 1 is 1.64 bits per heavy atom. The standard InChI is InChI=1S/C8H8IN5/c1-14(2)5-12-7-6(3-10)4-11-8(9)13-7/h4-5H,1-2H3/b12-5+. The van der Waals surface area contributed by atoms with E-state index in [4.69, 9.17) is 5.26 Å². The molecular formula is C8H8IN5. The summed E-state index contributed by atoms with van der Waals surface area (Å²) in [5.74, 6) is 0.403. The molecule has 1 heterocycles. The van der Waals surface area contributed by atoms with Crippen molar-refractivity contribution >= 4 is 34.7 Å². The first-order valence-corrected chi connectivity index (χ1v) is 4.84. The van der Waals surface area contributed by atoms with E-state index in [1.54, 1.807) is 11.2 Å². The highest BCUT2D eigenvalue weighted by Crippen LogP contribution is 2.14. The maximum atomic E-state index is 8.75. The zero-order valence-corrected chi connectivity index (χ0v) is 9.93. The molecule has 14 heavy (non-hydrogen) atoms. The molecular weight excluding hydrogens is 293 g/mol. The number of hydrogen-bond donors (Lipinski definition) is 0. The van der Waals surface area contributed by atoms with Gasteiger partial charge in [0, 0.05) is 36.7 Å². The highest BCUT2D eigenvalue weighted by atomic mass is 127. The van der Waals surface area contributed by atoms with Gasteiger partial charge < -0.3 is 4.90 Å². The summed E-state index contributed by atoms with van der Waals surface area (Å²) in [4.78, 5) is 13.8. The van der Waals surface area contributed by atoms with Crippen molar-refractivity contribution in [1.29, 1.82) is 5.26 Å². The summed E-state index contributed by atoms with van der Waals surface area (Å²) >= 11 is 1.98. The smallest absolute Gasteiger partial charge is 0.192 e. The first-order chi connectivity index (χ1) is 6.63. The topological polar surface area (TPSA) is 65.2 Å². The monoisotopic (exact) mass is 301 g/mol. The van der Waals surface area contributed by atoms with E-state index in [-0.39, 0.29) is 0 Å². The molecule has 1 aromatic heterocycles. The normalized spacial score (nSPS) is 10.1. The van der Waals surface area contributed by atoms with Crippen molar-refractivity contribution in [2.24, 2.45) is 4.99 Å². The van der Waals surface area contributed by atoms with Crippen LogP contribution >= 0.6 is 22.6 Å². The highest BCUT2D eigenvalue weighted by Gasteiger charge is 2.02. The van der Waals surface area contributed by atoms with Crippen molar-refractivity contribution in [1.82, 2.24) is 14.9 Å². The van der Waals surface area contributed by atoms with E-state index >= 15 is 0 Å². The molecule has 0 saturated heterocycles. The Hall–Kier alpha value is -1.23. The molecule has 72 valence electrons. The van der Waals surface area contributed by atoms with Crippen LogP contribution in [0.3, 0.4) is 0 Å². The molecule has 0 saturated carbocycles. The molecule has 0 aliphatic heterocycles. The van der Waals surface area contributed by atoms with Gasteiger partial charge in [0.15, 0.2) is 9.65 Å². The van der Waals surface area contributed by atoms with Gasteiger partial charge in [0.05, 0.1) is 12.5 Å². The van der Waals surface area contributed by atoms with Crippen LogP contribution in [0.1, 0.15) is 5.56 Å². The SMILES string of the molecule is CN(C)/C=N/c1nc(I)ncc1C#N. The molecule has 0 amide bonds. The van der Waals surface area contributed by atoms with Gasteiger partial charge in [-0.2, -0.15) is 5.26 Å². The van der Waals surface area contributed by atoms with Gasteiger partial charge in [0.1, 0.15) is 11.6 Å². The molecule has 0 atom stereocenters. The van der Waals surface area contributed by atoms with Crippen molar-refractivity contribution in [3.63, 3.8) is 0 Å². The highest BCUT2D eigenvalue weighted by molar-refractivity contribution is 14.1. The Kier molecular flexibility index (Phi) is 3.76. The number of rotatable bonds is 2. The van der Waals surface area contributed by atoms with E-state index in [2.05, 4.69) is 15.0 Å². The largest absolute Gasteiger partial charge is 0.369 e. The number of aromatic nitrogens is 2. The van der Waals surface area contributed by atoms with E-state index in [9.17, 15) is 0 Å². The number of nitriles is 1. The van der Waals surface area contributed by atoms with Crippen LogP contribution in [0.4, 0.5) is 5.82 Å².